The molecule has 0 heterocycles. The summed E-state index contributed by atoms with van der Waals surface area (Å²) in [6.07, 6.45) is 5.32. The van der Waals surface area contributed by atoms with E-state index >= 15 is 0 Å². The summed E-state index contributed by atoms with van der Waals surface area (Å²) in [7, 11) is 1.63. The highest BCUT2D eigenvalue weighted by Crippen LogP contribution is 2.09. The molecule has 1 aromatic rings. The largest absolute Gasteiger partial charge is 0.382 e. The Bertz CT molecular complexity index is 530. The number of carbonyl (C=O) groups excluding carboxylic acids is 1. The number of nitrogens with one attached hydrogen (secondary N) is 2. The zero-order valence-electron chi connectivity index (χ0n) is 14.6. The topological polar surface area (TPSA) is 78.1 Å². The molecular formula is C18H26N2O5. The van der Waals surface area contributed by atoms with Crippen molar-refractivity contribution in [3.05, 3.63) is 29.8 Å². The minimum absolute atomic E-state index is 0.303. The predicted molar refractivity (Wildman–Crippen MR) is 95.7 cm³/mol. The second kappa shape index (κ2) is 14.3. The molecule has 25 heavy (non-hydrogen) atoms. The Morgan fingerprint density at radius 1 is 1.04 bits per heavy atom. The van der Waals surface area contributed by atoms with Gasteiger partial charge in [-0.1, -0.05) is 12.0 Å². The van der Waals surface area contributed by atoms with Gasteiger partial charge < -0.3 is 29.6 Å². The summed E-state index contributed by atoms with van der Waals surface area (Å²) in [5.74, 6) is 2.52. The highest BCUT2D eigenvalue weighted by molar-refractivity contribution is 5.89. The number of ether oxygens (including phenoxy) is 4. The summed E-state index contributed by atoms with van der Waals surface area (Å²) < 4.78 is 20.8. The van der Waals surface area contributed by atoms with Crippen LogP contribution in [0.2, 0.25) is 0 Å². The average Bonchev–Trinajstić information content (AvgIpc) is 2.62. The molecule has 0 aliphatic rings. The standard InChI is InChI=1S/C18H26N2O5/c1-3-16-5-4-6-17(15-16)20-18(21)19-7-8-23-11-12-25-14-13-24-10-9-22-2/h1,4-6,15H,7-14H2,2H3,(H2,19,20,21). The summed E-state index contributed by atoms with van der Waals surface area (Å²) in [5, 5.41) is 5.41. The minimum Gasteiger partial charge on any atom is -0.382 e. The third-order valence-electron chi connectivity index (χ3n) is 2.99. The normalized spacial score (nSPS) is 10.2. The Labute approximate surface area is 149 Å². The van der Waals surface area contributed by atoms with Crippen LogP contribution in [0.1, 0.15) is 5.56 Å². The monoisotopic (exact) mass is 350 g/mol. The van der Waals surface area contributed by atoms with Crippen LogP contribution in [0.4, 0.5) is 10.5 Å². The first kappa shape index (κ1) is 20.9. The van der Waals surface area contributed by atoms with Gasteiger partial charge in [-0.25, -0.2) is 4.79 Å². The van der Waals surface area contributed by atoms with Gasteiger partial charge in [-0.3, -0.25) is 0 Å². The third kappa shape index (κ3) is 11.1. The summed E-state index contributed by atoms with van der Waals surface area (Å²) in [5.41, 5.74) is 1.36. The lowest BCUT2D eigenvalue weighted by atomic mass is 10.2. The molecule has 1 rings (SSSR count). The number of anilines is 1. The number of urea groups is 1. The molecule has 7 nitrogen and oxygen atoms in total. The molecule has 2 N–H and O–H groups in total. The Morgan fingerprint density at radius 2 is 1.68 bits per heavy atom. The molecule has 7 heteroatoms. The molecule has 0 saturated heterocycles. The van der Waals surface area contributed by atoms with Gasteiger partial charge in [0.1, 0.15) is 0 Å². The number of terminal acetylenes is 1. The van der Waals surface area contributed by atoms with Crippen LogP contribution < -0.4 is 10.6 Å². The number of amides is 2. The molecule has 0 aliphatic heterocycles. The predicted octanol–water partition coefficient (Wildman–Crippen LogP) is 1.49. The zero-order chi connectivity index (χ0) is 18.2. The van der Waals surface area contributed by atoms with Gasteiger partial charge in [0.15, 0.2) is 0 Å². The fourth-order valence-electron chi connectivity index (χ4n) is 1.78. The number of rotatable bonds is 13. The Kier molecular flexibility index (Phi) is 11.9. The van der Waals surface area contributed by atoms with E-state index in [9.17, 15) is 4.79 Å². The van der Waals surface area contributed by atoms with Crippen molar-refractivity contribution in [1.82, 2.24) is 5.32 Å². The smallest absolute Gasteiger partial charge is 0.319 e. The molecule has 0 aliphatic carbocycles. The molecular weight excluding hydrogens is 324 g/mol. The van der Waals surface area contributed by atoms with Gasteiger partial charge in [-0.15, -0.1) is 6.42 Å². The first-order valence-corrected chi connectivity index (χ1v) is 8.10. The van der Waals surface area contributed by atoms with Crippen molar-refractivity contribution in [2.45, 2.75) is 0 Å². The lowest BCUT2D eigenvalue weighted by Crippen LogP contribution is -2.31. The van der Waals surface area contributed by atoms with Gasteiger partial charge >= 0.3 is 6.03 Å². The summed E-state index contributed by atoms with van der Waals surface area (Å²) >= 11 is 0. The van der Waals surface area contributed by atoms with E-state index in [-0.39, 0.29) is 6.03 Å². The van der Waals surface area contributed by atoms with Crippen LogP contribution in [-0.2, 0) is 18.9 Å². The molecule has 0 radical (unpaired) electrons. The lowest BCUT2D eigenvalue weighted by Gasteiger charge is -2.09. The number of carbonyl (C=O) groups is 1. The maximum Gasteiger partial charge on any atom is 0.319 e. The first-order chi connectivity index (χ1) is 12.3. The number of hydrogen-bond donors (Lipinski definition) is 2. The molecule has 1 aromatic carbocycles. The van der Waals surface area contributed by atoms with Crippen molar-refractivity contribution in [3.63, 3.8) is 0 Å². The third-order valence-corrected chi connectivity index (χ3v) is 2.99. The van der Waals surface area contributed by atoms with Crippen LogP contribution in [0, 0.1) is 12.3 Å². The van der Waals surface area contributed by atoms with Crippen LogP contribution in [0.15, 0.2) is 24.3 Å². The molecule has 2 amide bonds. The van der Waals surface area contributed by atoms with E-state index < -0.39 is 0 Å². The number of benzene rings is 1. The molecule has 0 atom stereocenters. The highest BCUT2D eigenvalue weighted by Gasteiger charge is 2.01. The summed E-state index contributed by atoms with van der Waals surface area (Å²) in [4.78, 5) is 11.7. The van der Waals surface area contributed by atoms with E-state index in [0.29, 0.717) is 64.0 Å². The Morgan fingerprint density at radius 3 is 2.32 bits per heavy atom. The molecule has 0 fully saturated rings. The number of hydrogen-bond acceptors (Lipinski definition) is 5. The summed E-state index contributed by atoms with van der Waals surface area (Å²) in [6.45, 7) is 3.96. The van der Waals surface area contributed by atoms with Crippen molar-refractivity contribution >= 4 is 11.7 Å². The maximum absolute atomic E-state index is 11.7. The Balaban J connectivity index is 1.94. The molecule has 138 valence electrons. The van der Waals surface area contributed by atoms with Gasteiger partial charge in [0.25, 0.3) is 0 Å². The summed E-state index contributed by atoms with van der Waals surface area (Å²) in [6, 6.07) is 6.78. The van der Waals surface area contributed by atoms with E-state index in [2.05, 4.69) is 16.6 Å². The van der Waals surface area contributed by atoms with E-state index in [4.69, 9.17) is 25.4 Å². The second-order valence-electron chi connectivity index (χ2n) is 4.94. The number of methoxy groups -OCH3 is 1. The molecule has 0 unspecified atom stereocenters. The molecule has 0 spiro atoms. The lowest BCUT2D eigenvalue weighted by molar-refractivity contribution is 0.00431. The van der Waals surface area contributed by atoms with Gasteiger partial charge in [0, 0.05) is 24.9 Å². The van der Waals surface area contributed by atoms with Gasteiger partial charge in [0.05, 0.1) is 46.2 Å². The molecule has 0 saturated carbocycles. The van der Waals surface area contributed by atoms with E-state index in [0.717, 1.165) is 0 Å². The molecule has 0 bridgehead atoms. The van der Waals surface area contributed by atoms with Crippen molar-refractivity contribution < 1.29 is 23.7 Å². The van der Waals surface area contributed by atoms with Crippen LogP contribution in [-0.4, -0.2) is 65.9 Å². The van der Waals surface area contributed by atoms with Crippen molar-refractivity contribution in [1.29, 1.82) is 0 Å². The van der Waals surface area contributed by atoms with Crippen molar-refractivity contribution in [2.24, 2.45) is 0 Å². The van der Waals surface area contributed by atoms with E-state index in [1.807, 2.05) is 0 Å². The second-order valence-corrected chi connectivity index (χ2v) is 4.94. The Hall–Kier alpha value is -2.11. The van der Waals surface area contributed by atoms with Gasteiger partial charge in [-0.2, -0.15) is 0 Å². The van der Waals surface area contributed by atoms with Gasteiger partial charge in [-0.05, 0) is 18.2 Å². The van der Waals surface area contributed by atoms with E-state index in [1.165, 1.54) is 0 Å². The van der Waals surface area contributed by atoms with Crippen LogP contribution in [0.25, 0.3) is 0 Å². The van der Waals surface area contributed by atoms with Crippen molar-refractivity contribution in [2.75, 3.05) is 65.2 Å². The first-order valence-electron chi connectivity index (χ1n) is 8.10. The minimum atomic E-state index is -0.303. The fourth-order valence-corrected chi connectivity index (χ4v) is 1.78. The van der Waals surface area contributed by atoms with Crippen LogP contribution in [0.5, 0.6) is 0 Å². The van der Waals surface area contributed by atoms with Crippen molar-refractivity contribution in [3.8, 4) is 12.3 Å². The SMILES string of the molecule is C#Cc1cccc(NC(=O)NCCOCCOCCOCCOC)c1. The van der Waals surface area contributed by atoms with Gasteiger partial charge in [0.2, 0.25) is 0 Å². The van der Waals surface area contributed by atoms with Crippen LogP contribution >= 0.6 is 0 Å². The average molecular weight is 350 g/mol. The molecule has 0 aromatic heterocycles. The zero-order valence-corrected chi connectivity index (χ0v) is 14.6. The maximum atomic E-state index is 11.7. The van der Waals surface area contributed by atoms with E-state index in [1.54, 1.807) is 31.4 Å². The van der Waals surface area contributed by atoms with Crippen LogP contribution in [0.3, 0.4) is 0 Å². The fraction of sp³-hybridized carbons (Fsp3) is 0.500. The highest BCUT2D eigenvalue weighted by atomic mass is 16.6. The quantitative estimate of drug-likeness (QED) is 0.416.